The third-order valence-corrected chi connectivity index (χ3v) is 2.64. The minimum atomic E-state index is -0.101. The predicted molar refractivity (Wildman–Crippen MR) is 68.7 cm³/mol. The number of nitrogens with zero attached hydrogens (tertiary/aromatic N) is 2. The summed E-state index contributed by atoms with van der Waals surface area (Å²) in [4.78, 5) is 14.1. The SMILES string of the molecule is Cc1[nH]nc(C(=O)N(CC(C)C)C(C)C)c1N. The lowest BCUT2D eigenvalue weighted by Crippen LogP contribution is -2.40. The van der Waals surface area contributed by atoms with Gasteiger partial charge in [-0.2, -0.15) is 5.10 Å². The molecule has 0 atom stereocenters. The van der Waals surface area contributed by atoms with Gasteiger partial charge in [-0.05, 0) is 26.7 Å². The van der Waals surface area contributed by atoms with Crippen molar-refractivity contribution in [2.45, 2.75) is 40.7 Å². The summed E-state index contributed by atoms with van der Waals surface area (Å²) in [5.41, 5.74) is 7.35. The van der Waals surface area contributed by atoms with Gasteiger partial charge in [0.1, 0.15) is 0 Å². The molecular weight excluding hydrogens is 216 g/mol. The van der Waals surface area contributed by atoms with E-state index in [9.17, 15) is 4.79 Å². The van der Waals surface area contributed by atoms with Crippen LogP contribution in [0.15, 0.2) is 0 Å². The number of carbonyl (C=O) groups is 1. The van der Waals surface area contributed by atoms with Gasteiger partial charge in [0.2, 0.25) is 0 Å². The molecule has 1 amide bonds. The number of nitrogen functional groups attached to an aromatic ring is 1. The van der Waals surface area contributed by atoms with Gasteiger partial charge in [-0.25, -0.2) is 0 Å². The zero-order valence-corrected chi connectivity index (χ0v) is 11.2. The molecular formula is C12H22N4O. The number of amides is 1. The molecule has 1 heterocycles. The van der Waals surface area contributed by atoms with E-state index in [1.165, 1.54) is 0 Å². The lowest BCUT2D eigenvalue weighted by atomic mass is 10.1. The minimum absolute atomic E-state index is 0.101. The summed E-state index contributed by atoms with van der Waals surface area (Å²) in [5.74, 6) is 0.318. The van der Waals surface area contributed by atoms with Crippen LogP contribution in [0.4, 0.5) is 5.69 Å². The average molecular weight is 238 g/mol. The van der Waals surface area contributed by atoms with Crippen molar-refractivity contribution in [3.05, 3.63) is 11.4 Å². The second kappa shape index (κ2) is 5.21. The molecule has 0 aliphatic rings. The van der Waals surface area contributed by atoms with Gasteiger partial charge in [-0.3, -0.25) is 9.89 Å². The van der Waals surface area contributed by atoms with Crippen molar-refractivity contribution in [2.75, 3.05) is 12.3 Å². The van der Waals surface area contributed by atoms with Crippen LogP contribution in [0.2, 0.25) is 0 Å². The molecule has 1 aromatic rings. The standard InChI is InChI=1S/C12H22N4O/c1-7(2)6-16(8(3)4)12(17)11-10(13)9(5)14-15-11/h7-8H,6,13H2,1-5H3,(H,14,15). The van der Waals surface area contributed by atoms with Crippen molar-refractivity contribution >= 4 is 11.6 Å². The third-order valence-electron chi connectivity index (χ3n) is 2.64. The fraction of sp³-hybridized carbons (Fsp3) is 0.667. The van der Waals surface area contributed by atoms with Crippen LogP contribution in [0.3, 0.4) is 0 Å². The molecule has 0 bridgehead atoms. The zero-order valence-electron chi connectivity index (χ0n) is 11.2. The van der Waals surface area contributed by atoms with Crippen molar-refractivity contribution in [2.24, 2.45) is 5.92 Å². The molecule has 1 aromatic heterocycles. The molecule has 17 heavy (non-hydrogen) atoms. The second-order valence-corrected chi connectivity index (χ2v) is 5.06. The van der Waals surface area contributed by atoms with Crippen molar-refractivity contribution in [1.82, 2.24) is 15.1 Å². The van der Waals surface area contributed by atoms with E-state index >= 15 is 0 Å². The van der Waals surface area contributed by atoms with E-state index < -0.39 is 0 Å². The number of rotatable bonds is 4. The van der Waals surface area contributed by atoms with Crippen molar-refractivity contribution in [3.63, 3.8) is 0 Å². The average Bonchev–Trinajstić information content (AvgIpc) is 2.55. The zero-order chi connectivity index (χ0) is 13.2. The largest absolute Gasteiger partial charge is 0.395 e. The van der Waals surface area contributed by atoms with Crippen LogP contribution in [0, 0.1) is 12.8 Å². The monoisotopic (exact) mass is 238 g/mol. The van der Waals surface area contributed by atoms with E-state index in [0.717, 1.165) is 5.69 Å². The molecule has 0 radical (unpaired) electrons. The molecule has 96 valence electrons. The number of H-pyrrole nitrogens is 1. The van der Waals surface area contributed by atoms with E-state index in [4.69, 9.17) is 5.73 Å². The number of aromatic amines is 1. The molecule has 0 spiro atoms. The molecule has 1 rings (SSSR count). The maximum Gasteiger partial charge on any atom is 0.276 e. The number of aryl methyl sites for hydroxylation is 1. The number of aromatic nitrogens is 2. The number of nitrogens with one attached hydrogen (secondary N) is 1. The van der Waals surface area contributed by atoms with Crippen molar-refractivity contribution < 1.29 is 4.79 Å². The topological polar surface area (TPSA) is 75.0 Å². The lowest BCUT2D eigenvalue weighted by Gasteiger charge is -2.27. The van der Waals surface area contributed by atoms with Crippen LogP contribution in [-0.2, 0) is 0 Å². The van der Waals surface area contributed by atoms with E-state index in [0.29, 0.717) is 23.8 Å². The van der Waals surface area contributed by atoms with Crippen molar-refractivity contribution in [3.8, 4) is 0 Å². The quantitative estimate of drug-likeness (QED) is 0.840. The first-order valence-electron chi connectivity index (χ1n) is 5.96. The fourth-order valence-electron chi connectivity index (χ4n) is 1.66. The van der Waals surface area contributed by atoms with Gasteiger partial charge >= 0.3 is 0 Å². The number of anilines is 1. The van der Waals surface area contributed by atoms with Crippen LogP contribution in [0.1, 0.15) is 43.9 Å². The summed E-state index contributed by atoms with van der Waals surface area (Å²) in [7, 11) is 0. The Morgan fingerprint density at radius 2 is 2.00 bits per heavy atom. The number of hydrogen-bond donors (Lipinski definition) is 2. The van der Waals surface area contributed by atoms with Gasteiger partial charge in [-0.1, -0.05) is 13.8 Å². The number of nitrogens with two attached hydrogens (primary N) is 1. The Bertz CT molecular complexity index is 395. The van der Waals surface area contributed by atoms with Crippen LogP contribution in [0.25, 0.3) is 0 Å². The summed E-state index contributed by atoms with van der Waals surface area (Å²) < 4.78 is 0. The van der Waals surface area contributed by atoms with Crippen LogP contribution in [-0.4, -0.2) is 33.6 Å². The van der Waals surface area contributed by atoms with Crippen molar-refractivity contribution in [1.29, 1.82) is 0 Å². The van der Waals surface area contributed by atoms with Gasteiger partial charge in [0.15, 0.2) is 5.69 Å². The van der Waals surface area contributed by atoms with Crippen LogP contribution in [0.5, 0.6) is 0 Å². The highest BCUT2D eigenvalue weighted by Crippen LogP contribution is 2.17. The lowest BCUT2D eigenvalue weighted by molar-refractivity contribution is 0.0677. The minimum Gasteiger partial charge on any atom is -0.395 e. The van der Waals surface area contributed by atoms with Crippen LogP contribution < -0.4 is 5.73 Å². The molecule has 0 saturated carbocycles. The molecule has 0 saturated heterocycles. The number of hydrogen-bond acceptors (Lipinski definition) is 3. The summed E-state index contributed by atoms with van der Waals surface area (Å²) >= 11 is 0. The van der Waals surface area contributed by atoms with Gasteiger partial charge in [-0.15, -0.1) is 0 Å². The van der Waals surface area contributed by atoms with Gasteiger partial charge < -0.3 is 10.6 Å². The molecule has 0 unspecified atom stereocenters. The molecule has 3 N–H and O–H groups in total. The Balaban J connectivity index is 2.96. The van der Waals surface area contributed by atoms with E-state index in [2.05, 4.69) is 24.0 Å². The highest BCUT2D eigenvalue weighted by Gasteiger charge is 2.24. The van der Waals surface area contributed by atoms with E-state index in [1.54, 1.807) is 11.8 Å². The van der Waals surface area contributed by atoms with Gasteiger partial charge in [0.05, 0.1) is 11.4 Å². The Morgan fingerprint density at radius 3 is 2.35 bits per heavy atom. The molecule has 0 aliphatic heterocycles. The maximum atomic E-state index is 12.3. The summed E-state index contributed by atoms with van der Waals surface area (Å²) in [6.45, 7) is 10.7. The molecule has 0 aliphatic carbocycles. The Labute approximate surface area is 102 Å². The molecule has 5 heteroatoms. The first-order chi connectivity index (χ1) is 7.84. The highest BCUT2D eigenvalue weighted by atomic mass is 16.2. The predicted octanol–water partition coefficient (Wildman–Crippen LogP) is 1.81. The summed E-state index contributed by atoms with van der Waals surface area (Å²) in [6.07, 6.45) is 0. The Hall–Kier alpha value is -1.52. The Morgan fingerprint density at radius 1 is 1.41 bits per heavy atom. The third kappa shape index (κ3) is 2.99. The van der Waals surface area contributed by atoms with E-state index in [-0.39, 0.29) is 11.9 Å². The maximum absolute atomic E-state index is 12.3. The summed E-state index contributed by atoms with van der Waals surface area (Å²) in [6, 6.07) is 0.140. The molecule has 0 aromatic carbocycles. The normalized spacial score (nSPS) is 11.2. The van der Waals surface area contributed by atoms with E-state index in [1.807, 2.05) is 13.8 Å². The molecule has 0 fully saturated rings. The first kappa shape index (κ1) is 13.5. The molecule has 5 nitrogen and oxygen atoms in total. The fourth-order valence-corrected chi connectivity index (χ4v) is 1.66. The summed E-state index contributed by atoms with van der Waals surface area (Å²) in [5, 5.41) is 6.73. The van der Waals surface area contributed by atoms with Gasteiger partial charge in [0, 0.05) is 12.6 Å². The highest BCUT2D eigenvalue weighted by molar-refractivity contribution is 5.97. The number of carbonyl (C=O) groups excluding carboxylic acids is 1. The second-order valence-electron chi connectivity index (χ2n) is 5.06. The smallest absolute Gasteiger partial charge is 0.276 e. The Kier molecular flexibility index (Phi) is 4.15. The van der Waals surface area contributed by atoms with Crippen LogP contribution >= 0.6 is 0 Å². The first-order valence-corrected chi connectivity index (χ1v) is 5.96. The van der Waals surface area contributed by atoms with Gasteiger partial charge in [0.25, 0.3) is 5.91 Å².